The molecule has 1 aromatic heterocycles. The first kappa shape index (κ1) is 17.5. The van der Waals surface area contributed by atoms with Crippen molar-refractivity contribution in [3.8, 4) is 0 Å². The van der Waals surface area contributed by atoms with Crippen molar-refractivity contribution >= 4 is 11.6 Å². The van der Waals surface area contributed by atoms with E-state index in [1.54, 1.807) is 0 Å². The maximum Gasteiger partial charge on any atom is 0.255 e. The van der Waals surface area contributed by atoms with Crippen LogP contribution in [0.25, 0.3) is 0 Å². The lowest BCUT2D eigenvalue weighted by atomic mass is 9.91. The highest BCUT2D eigenvalue weighted by Gasteiger charge is 2.27. The Morgan fingerprint density at radius 1 is 1.20 bits per heavy atom. The Labute approximate surface area is 149 Å². The molecule has 1 saturated heterocycles. The van der Waals surface area contributed by atoms with E-state index in [4.69, 9.17) is 0 Å². The van der Waals surface area contributed by atoms with Gasteiger partial charge in [-0.15, -0.1) is 10.2 Å². The van der Waals surface area contributed by atoms with E-state index in [1.165, 1.54) is 6.42 Å². The summed E-state index contributed by atoms with van der Waals surface area (Å²) in [4.78, 5) is 15.0. The van der Waals surface area contributed by atoms with Crippen LogP contribution in [0, 0.1) is 18.8 Å². The van der Waals surface area contributed by atoms with Crippen molar-refractivity contribution in [2.45, 2.75) is 33.7 Å². The molecule has 25 heavy (non-hydrogen) atoms. The number of rotatable bonds is 4. The van der Waals surface area contributed by atoms with Crippen LogP contribution in [0.1, 0.15) is 42.3 Å². The molecular formula is C19H27N5O. The van der Waals surface area contributed by atoms with Gasteiger partial charge in [0.2, 0.25) is 0 Å². The van der Waals surface area contributed by atoms with Crippen molar-refractivity contribution in [1.82, 2.24) is 19.7 Å². The first-order valence-corrected chi connectivity index (χ1v) is 8.92. The SMILES string of the molecule is Cc1nnc(CNc2ccccc2C(=O)N2C[C@H](C)C[C@H](C)C2)n1C. The summed E-state index contributed by atoms with van der Waals surface area (Å²) in [6.07, 6.45) is 1.19. The normalized spacial score (nSPS) is 20.6. The number of para-hydroxylation sites is 1. The number of nitrogens with one attached hydrogen (secondary N) is 1. The zero-order chi connectivity index (χ0) is 18.0. The minimum Gasteiger partial charge on any atom is -0.377 e. The van der Waals surface area contributed by atoms with Gasteiger partial charge in [0.05, 0.1) is 12.1 Å². The van der Waals surface area contributed by atoms with Gasteiger partial charge in [-0.05, 0) is 37.3 Å². The number of hydrogen-bond donors (Lipinski definition) is 1. The zero-order valence-electron chi connectivity index (χ0n) is 15.5. The molecule has 0 aliphatic carbocycles. The van der Waals surface area contributed by atoms with E-state index < -0.39 is 0 Å². The fourth-order valence-corrected chi connectivity index (χ4v) is 3.60. The van der Waals surface area contributed by atoms with Crippen LogP contribution in [0.4, 0.5) is 5.69 Å². The second-order valence-corrected chi connectivity index (χ2v) is 7.28. The summed E-state index contributed by atoms with van der Waals surface area (Å²) in [7, 11) is 1.94. The Morgan fingerprint density at radius 3 is 2.52 bits per heavy atom. The molecule has 2 aromatic rings. The number of hydrogen-bond acceptors (Lipinski definition) is 4. The molecule has 1 aromatic carbocycles. The lowest BCUT2D eigenvalue weighted by molar-refractivity contribution is 0.0624. The van der Waals surface area contributed by atoms with Crippen molar-refractivity contribution < 1.29 is 4.79 Å². The monoisotopic (exact) mass is 341 g/mol. The maximum absolute atomic E-state index is 13.0. The molecule has 3 rings (SSSR count). The van der Waals surface area contributed by atoms with Crippen LogP contribution in [-0.2, 0) is 13.6 Å². The average Bonchev–Trinajstić information content (AvgIpc) is 2.90. The molecule has 1 N–H and O–H groups in total. The van der Waals surface area contributed by atoms with Crippen LogP contribution >= 0.6 is 0 Å². The summed E-state index contributed by atoms with van der Waals surface area (Å²) < 4.78 is 1.95. The van der Waals surface area contributed by atoms with Gasteiger partial charge in [-0.3, -0.25) is 4.79 Å². The number of carbonyl (C=O) groups excluding carboxylic acids is 1. The van der Waals surface area contributed by atoms with Gasteiger partial charge >= 0.3 is 0 Å². The van der Waals surface area contributed by atoms with E-state index in [-0.39, 0.29) is 5.91 Å². The minimum atomic E-state index is 0.107. The maximum atomic E-state index is 13.0. The third kappa shape index (κ3) is 3.83. The van der Waals surface area contributed by atoms with Crippen molar-refractivity contribution in [1.29, 1.82) is 0 Å². The van der Waals surface area contributed by atoms with Crippen LogP contribution in [-0.4, -0.2) is 38.7 Å². The molecule has 0 radical (unpaired) electrons. The summed E-state index contributed by atoms with van der Waals surface area (Å²) in [6.45, 7) is 8.56. The van der Waals surface area contributed by atoms with E-state index in [9.17, 15) is 4.79 Å². The van der Waals surface area contributed by atoms with Gasteiger partial charge in [0.15, 0.2) is 5.82 Å². The van der Waals surface area contributed by atoms with Crippen molar-refractivity contribution in [2.24, 2.45) is 18.9 Å². The number of likely N-dealkylation sites (tertiary alicyclic amines) is 1. The summed E-state index contributed by atoms with van der Waals surface area (Å²) >= 11 is 0. The van der Waals surface area contributed by atoms with Crippen LogP contribution in [0.5, 0.6) is 0 Å². The van der Waals surface area contributed by atoms with Gasteiger partial charge in [-0.1, -0.05) is 26.0 Å². The summed E-state index contributed by atoms with van der Waals surface area (Å²) in [6, 6.07) is 7.72. The molecule has 134 valence electrons. The standard InChI is InChI=1S/C19H27N5O/c1-13-9-14(2)12-24(11-13)19(25)16-7-5-6-8-17(16)20-10-18-22-21-15(3)23(18)4/h5-8,13-14,20H,9-12H2,1-4H3/t13-,14+. The Morgan fingerprint density at radius 2 is 1.88 bits per heavy atom. The molecule has 0 bridgehead atoms. The number of aromatic nitrogens is 3. The lowest BCUT2D eigenvalue weighted by Crippen LogP contribution is -2.42. The van der Waals surface area contributed by atoms with E-state index in [1.807, 2.05) is 47.7 Å². The second kappa shape index (κ2) is 7.25. The van der Waals surface area contributed by atoms with Crippen LogP contribution in [0.2, 0.25) is 0 Å². The Balaban J connectivity index is 1.76. The first-order chi connectivity index (χ1) is 12.0. The van der Waals surface area contributed by atoms with E-state index in [0.29, 0.717) is 18.4 Å². The molecule has 6 nitrogen and oxygen atoms in total. The number of piperidine rings is 1. The molecule has 1 amide bonds. The molecule has 1 aliphatic heterocycles. The van der Waals surface area contributed by atoms with Crippen molar-refractivity contribution in [2.75, 3.05) is 18.4 Å². The molecule has 0 spiro atoms. The minimum absolute atomic E-state index is 0.107. The summed E-state index contributed by atoms with van der Waals surface area (Å²) in [5.74, 6) is 2.93. The highest BCUT2D eigenvalue weighted by atomic mass is 16.2. The predicted molar refractivity (Wildman–Crippen MR) is 98.4 cm³/mol. The van der Waals surface area contributed by atoms with Crippen molar-refractivity contribution in [3.63, 3.8) is 0 Å². The third-order valence-corrected chi connectivity index (χ3v) is 4.93. The molecule has 2 atom stereocenters. The van der Waals surface area contributed by atoms with E-state index >= 15 is 0 Å². The third-order valence-electron chi connectivity index (χ3n) is 4.93. The number of amides is 1. The van der Waals surface area contributed by atoms with Gasteiger partial charge < -0.3 is 14.8 Å². The highest BCUT2D eigenvalue weighted by molar-refractivity contribution is 5.99. The topological polar surface area (TPSA) is 63.1 Å². The van der Waals surface area contributed by atoms with Gasteiger partial charge in [0, 0.05) is 25.8 Å². The Kier molecular flexibility index (Phi) is 5.06. The zero-order valence-corrected chi connectivity index (χ0v) is 15.5. The Hall–Kier alpha value is -2.37. The Bertz CT molecular complexity index is 744. The second-order valence-electron chi connectivity index (χ2n) is 7.28. The summed E-state index contributed by atoms with van der Waals surface area (Å²) in [5.41, 5.74) is 1.57. The molecule has 0 saturated carbocycles. The quantitative estimate of drug-likeness (QED) is 0.929. The highest BCUT2D eigenvalue weighted by Crippen LogP contribution is 2.25. The molecule has 1 fully saturated rings. The smallest absolute Gasteiger partial charge is 0.255 e. The van der Waals surface area contributed by atoms with Gasteiger partial charge in [0.25, 0.3) is 5.91 Å². The fraction of sp³-hybridized carbons (Fsp3) is 0.526. The lowest BCUT2D eigenvalue weighted by Gasteiger charge is -2.35. The van der Waals surface area contributed by atoms with E-state index in [2.05, 4.69) is 29.4 Å². The molecule has 0 unspecified atom stereocenters. The van der Waals surface area contributed by atoms with Crippen LogP contribution < -0.4 is 5.32 Å². The number of anilines is 1. The fourth-order valence-electron chi connectivity index (χ4n) is 3.60. The average molecular weight is 341 g/mol. The molecule has 6 heteroatoms. The van der Waals surface area contributed by atoms with Gasteiger partial charge in [0.1, 0.15) is 5.82 Å². The number of benzene rings is 1. The summed E-state index contributed by atoms with van der Waals surface area (Å²) in [5, 5.41) is 11.6. The largest absolute Gasteiger partial charge is 0.377 e. The molecule has 2 heterocycles. The van der Waals surface area contributed by atoms with E-state index in [0.717, 1.165) is 36.0 Å². The number of aryl methyl sites for hydroxylation is 1. The number of carbonyl (C=O) groups is 1. The van der Waals surface area contributed by atoms with Gasteiger partial charge in [-0.2, -0.15) is 0 Å². The molecular weight excluding hydrogens is 314 g/mol. The van der Waals surface area contributed by atoms with Crippen LogP contribution in [0.15, 0.2) is 24.3 Å². The van der Waals surface area contributed by atoms with Gasteiger partial charge in [-0.25, -0.2) is 0 Å². The molecule has 1 aliphatic rings. The van der Waals surface area contributed by atoms with Crippen LogP contribution in [0.3, 0.4) is 0 Å². The van der Waals surface area contributed by atoms with Crippen molar-refractivity contribution in [3.05, 3.63) is 41.5 Å². The first-order valence-electron chi connectivity index (χ1n) is 8.92. The number of nitrogens with zero attached hydrogens (tertiary/aromatic N) is 4. The predicted octanol–water partition coefficient (Wildman–Crippen LogP) is 2.85.